The molecule has 0 saturated carbocycles. The van der Waals surface area contributed by atoms with Crippen molar-refractivity contribution in [1.82, 2.24) is 9.97 Å². The lowest BCUT2D eigenvalue weighted by Gasteiger charge is -2.11. The summed E-state index contributed by atoms with van der Waals surface area (Å²) < 4.78 is 0. The number of nitrogens with one attached hydrogen (secondary N) is 1. The van der Waals surface area contributed by atoms with Gasteiger partial charge in [0.2, 0.25) is 0 Å². The summed E-state index contributed by atoms with van der Waals surface area (Å²) in [5.74, 6) is 0.107. The summed E-state index contributed by atoms with van der Waals surface area (Å²) in [4.78, 5) is 20.6. The Labute approximate surface area is 168 Å². The van der Waals surface area contributed by atoms with Gasteiger partial charge in [0.25, 0.3) is 0 Å². The van der Waals surface area contributed by atoms with Crippen molar-refractivity contribution in [2.24, 2.45) is 0 Å². The van der Waals surface area contributed by atoms with Crippen LogP contribution in [-0.2, 0) is 4.79 Å². The molecular weight excluding hydrogens is 364 g/mol. The van der Waals surface area contributed by atoms with E-state index in [1.54, 1.807) is 6.92 Å². The van der Waals surface area contributed by atoms with Crippen LogP contribution in [-0.4, -0.2) is 15.8 Å². The number of hydrogen-bond acceptors (Lipinski definition) is 3. The molecule has 28 heavy (non-hydrogen) atoms. The summed E-state index contributed by atoms with van der Waals surface area (Å²) in [6, 6.07) is 30.1. The zero-order valence-electron chi connectivity index (χ0n) is 15.5. The summed E-state index contributed by atoms with van der Waals surface area (Å²) in [5, 5.41) is 0.446. The molecule has 0 aliphatic carbocycles. The van der Waals surface area contributed by atoms with E-state index in [4.69, 9.17) is 4.98 Å². The fourth-order valence-electron chi connectivity index (χ4n) is 3.15. The number of rotatable bonds is 6. The lowest BCUT2D eigenvalue weighted by atomic mass is 10.1. The van der Waals surface area contributed by atoms with Gasteiger partial charge in [-0.15, -0.1) is 0 Å². The van der Waals surface area contributed by atoms with Crippen LogP contribution in [0.5, 0.6) is 0 Å². The number of carbonyl (C=O) groups is 1. The minimum Gasteiger partial charge on any atom is -0.332 e. The minimum absolute atomic E-state index is 0.107. The van der Waals surface area contributed by atoms with Crippen molar-refractivity contribution >= 4 is 17.5 Å². The van der Waals surface area contributed by atoms with Gasteiger partial charge in [-0.25, -0.2) is 4.98 Å². The summed E-state index contributed by atoms with van der Waals surface area (Å²) in [6.45, 7) is 1.63. The molecule has 0 spiro atoms. The maximum Gasteiger partial charge on any atom is 0.167 e. The average molecular weight is 385 g/mol. The molecule has 0 radical (unpaired) electrons. The molecule has 0 saturated heterocycles. The second kappa shape index (κ2) is 8.28. The first-order valence-corrected chi connectivity index (χ1v) is 10.0. The molecule has 0 bridgehead atoms. The van der Waals surface area contributed by atoms with Gasteiger partial charge < -0.3 is 4.98 Å². The maximum absolute atomic E-state index is 12.3. The number of hydrogen-bond donors (Lipinski definition) is 1. The molecule has 3 aromatic carbocycles. The van der Waals surface area contributed by atoms with Crippen molar-refractivity contribution in [3.63, 3.8) is 0 Å². The third-order valence-corrected chi connectivity index (χ3v) is 5.75. The molecule has 4 heteroatoms. The second-order valence-electron chi connectivity index (χ2n) is 6.52. The molecule has 138 valence electrons. The van der Waals surface area contributed by atoms with Gasteiger partial charge in [-0.1, -0.05) is 103 Å². The van der Waals surface area contributed by atoms with Gasteiger partial charge in [0.05, 0.1) is 16.6 Å². The van der Waals surface area contributed by atoms with Gasteiger partial charge in [0, 0.05) is 11.1 Å². The smallest absolute Gasteiger partial charge is 0.167 e. The fourth-order valence-corrected chi connectivity index (χ4v) is 4.14. The molecule has 4 rings (SSSR count). The van der Waals surface area contributed by atoms with Crippen LogP contribution >= 0.6 is 11.8 Å². The molecule has 1 aromatic heterocycles. The number of carbonyl (C=O) groups excluding carboxylic acids is 1. The second-order valence-corrected chi connectivity index (χ2v) is 7.61. The number of aromatic amines is 1. The Morgan fingerprint density at radius 1 is 0.821 bits per heavy atom. The van der Waals surface area contributed by atoms with E-state index < -0.39 is 0 Å². The first kappa shape index (κ1) is 18.3. The Balaban J connectivity index is 1.76. The van der Waals surface area contributed by atoms with Crippen LogP contribution in [0.3, 0.4) is 0 Å². The van der Waals surface area contributed by atoms with Crippen molar-refractivity contribution in [3.05, 3.63) is 96.6 Å². The van der Waals surface area contributed by atoms with E-state index >= 15 is 0 Å². The van der Waals surface area contributed by atoms with Crippen LogP contribution < -0.4 is 0 Å². The van der Waals surface area contributed by atoms with Crippen LogP contribution in [0.1, 0.15) is 17.7 Å². The monoisotopic (exact) mass is 384 g/mol. The van der Waals surface area contributed by atoms with Crippen molar-refractivity contribution in [2.45, 2.75) is 17.3 Å². The predicted octanol–water partition coefficient (Wildman–Crippen LogP) is 6.17. The topological polar surface area (TPSA) is 45.8 Å². The normalized spacial score (nSPS) is 11.9. The fraction of sp³-hybridized carbons (Fsp3) is 0.0833. The number of ketones is 1. The largest absolute Gasteiger partial charge is 0.332 e. The summed E-state index contributed by atoms with van der Waals surface area (Å²) in [7, 11) is 0. The van der Waals surface area contributed by atoms with Crippen LogP contribution in [0.2, 0.25) is 0 Å². The van der Waals surface area contributed by atoms with Crippen molar-refractivity contribution in [2.75, 3.05) is 0 Å². The highest BCUT2D eigenvalue weighted by molar-refractivity contribution is 8.00. The van der Waals surface area contributed by atoms with Crippen molar-refractivity contribution < 1.29 is 4.79 Å². The predicted molar refractivity (Wildman–Crippen MR) is 115 cm³/mol. The Kier molecular flexibility index (Phi) is 5.40. The maximum atomic E-state index is 12.3. The average Bonchev–Trinajstić information content (AvgIpc) is 3.18. The highest BCUT2D eigenvalue weighted by atomic mass is 32.2. The molecule has 1 heterocycles. The molecule has 0 aliphatic rings. The highest BCUT2D eigenvalue weighted by Gasteiger charge is 2.22. The van der Waals surface area contributed by atoms with E-state index in [9.17, 15) is 4.79 Å². The number of benzene rings is 3. The molecule has 1 N–H and O–H groups in total. The summed E-state index contributed by atoms with van der Waals surface area (Å²) >= 11 is 1.46. The van der Waals surface area contributed by atoms with E-state index in [0.717, 1.165) is 33.2 Å². The standard InChI is InChI=1S/C24H20N2OS/c1-17(27)23(20-15-9-4-10-16-20)28-24-25-21(18-11-5-2-6-12-18)22(26-24)19-13-7-3-8-14-19/h2-16,23H,1H3,(H,25,26). The molecule has 1 atom stereocenters. The molecule has 0 fully saturated rings. The van der Waals surface area contributed by atoms with E-state index in [0.29, 0.717) is 0 Å². The summed E-state index contributed by atoms with van der Waals surface area (Å²) in [5.41, 5.74) is 4.96. The van der Waals surface area contributed by atoms with Gasteiger partial charge in [-0.3, -0.25) is 4.79 Å². The number of thioether (sulfide) groups is 1. The van der Waals surface area contributed by atoms with Gasteiger partial charge in [0.15, 0.2) is 5.16 Å². The Morgan fingerprint density at radius 3 is 1.93 bits per heavy atom. The first-order valence-electron chi connectivity index (χ1n) is 9.15. The Bertz CT molecular complexity index is 1000. The lowest BCUT2D eigenvalue weighted by Crippen LogP contribution is -2.05. The number of nitrogens with zero attached hydrogens (tertiary/aromatic N) is 1. The molecule has 1 unspecified atom stereocenters. The van der Waals surface area contributed by atoms with Crippen LogP contribution in [0.15, 0.2) is 96.2 Å². The third kappa shape index (κ3) is 3.92. The zero-order valence-corrected chi connectivity index (χ0v) is 16.3. The van der Waals surface area contributed by atoms with Gasteiger partial charge >= 0.3 is 0 Å². The quantitative estimate of drug-likeness (QED) is 0.405. The van der Waals surface area contributed by atoms with E-state index in [-0.39, 0.29) is 11.0 Å². The summed E-state index contributed by atoms with van der Waals surface area (Å²) in [6.07, 6.45) is 0. The molecule has 0 amide bonds. The van der Waals surface area contributed by atoms with Crippen LogP contribution in [0, 0.1) is 0 Å². The highest BCUT2D eigenvalue weighted by Crippen LogP contribution is 2.38. The first-order chi connectivity index (χ1) is 13.7. The van der Waals surface area contributed by atoms with Crippen molar-refractivity contribution in [1.29, 1.82) is 0 Å². The number of H-pyrrole nitrogens is 1. The Hall–Kier alpha value is -3.11. The third-order valence-electron chi connectivity index (χ3n) is 4.49. The minimum atomic E-state index is -0.292. The van der Waals surface area contributed by atoms with E-state index in [2.05, 4.69) is 29.2 Å². The van der Waals surface area contributed by atoms with Crippen LogP contribution in [0.4, 0.5) is 0 Å². The zero-order chi connectivity index (χ0) is 19.3. The van der Waals surface area contributed by atoms with Gasteiger partial charge in [-0.05, 0) is 12.5 Å². The van der Waals surface area contributed by atoms with E-state index in [1.165, 1.54) is 11.8 Å². The molecule has 4 aromatic rings. The lowest BCUT2D eigenvalue weighted by molar-refractivity contribution is -0.116. The van der Waals surface area contributed by atoms with Gasteiger partial charge in [0.1, 0.15) is 5.78 Å². The molecular formula is C24H20N2OS. The van der Waals surface area contributed by atoms with Gasteiger partial charge in [-0.2, -0.15) is 0 Å². The molecule has 3 nitrogen and oxygen atoms in total. The number of Topliss-reactive ketones (excluding diaryl/α,β-unsaturated/α-hetero) is 1. The number of imidazole rings is 1. The SMILES string of the molecule is CC(=O)C(Sc1nc(-c2ccccc2)c(-c2ccccc2)[nH]1)c1ccccc1. The Morgan fingerprint density at radius 2 is 1.36 bits per heavy atom. The number of aromatic nitrogens is 2. The van der Waals surface area contributed by atoms with Crippen LogP contribution in [0.25, 0.3) is 22.5 Å². The van der Waals surface area contributed by atoms with Crippen molar-refractivity contribution in [3.8, 4) is 22.5 Å². The van der Waals surface area contributed by atoms with E-state index in [1.807, 2.05) is 66.7 Å². The molecule has 0 aliphatic heterocycles.